The molecule has 1 N–H and O–H groups in total. The summed E-state index contributed by atoms with van der Waals surface area (Å²) in [7, 11) is 0. The van der Waals surface area contributed by atoms with Crippen molar-refractivity contribution in [3.05, 3.63) is 53.3 Å². The Balaban J connectivity index is 1.39. The van der Waals surface area contributed by atoms with Crippen molar-refractivity contribution in [2.45, 2.75) is 45.3 Å². The Labute approximate surface area is 149 Å². The molecule has 2 aliphatic heterocycles. The Morgan fingerprint density at radius 1 is 1.24 bits per heavy atom. The standard InChI is InChI=1S/C20H26N4O/c1-15-12-23(13-16-7-3-2-4-8-16)14-18(15)22-20(25)17-11-21-24-10-6-5-9-19(17)24/h2-4,7-8,11,15,18H,5-6,9-10,12-14H2,1H3,(H,22,25)/t15-,18-/m1/s1. The number of carbonyl (C=O) groups is 1. The molecule has 2 aliphatic rings. The van der Waals surface area contributed by atoms with Gasteiger partial charge in [-0.3, -0.25) is 14.4 Å². The molecule has 5 nitrogen and oxygen atoms in total. The van der Waals surface area contributed by atoms with Gasteiger partial charge in [0.2, 0.25) is 0 Å². The van der Waals surface area contributed by atoms with Crippen molar-refractivity contribution in [2.24, 2.45) is 5.92 Å². The first-order valence-corrected chi connectivity index (χ1v) is 9.32. The molecule has 1 amide bonds. The number of carbonyl (C=O) groups excluding carboxylic acids is 1. The molecule has 0 saturated carbocycles. The van der Waals surface area contributed by atoms with Crippen LogP contribution >= 0.6 is 0 Å². The van der Waals surface area contributed by atoms with Gasteiger partial charge in [0.15, 0.2) is 0 Å². The van der Waals surface area contributed by atoms with Gasteiger partial charge in [0, 0.05) is 32.2 Å². The zero-order valence-corrected chi connectivity index (χ0v) is 14.8. The first kappa shape index (κ1) is 16.3. The third-order valence-corrected chi connectivity index (χ3v) is 5.48. The van der Waals surface area contributed by atoms with E-state index >= 15 is 0 Å². The summed E-state index contributed by atoms with van der Waals surface area (Å²) >= 11 is 0. The molecule has 0 spiro atoms. The van der Waals surface area contributed by atoms with Crippen molar-refractivity contribution < 1.29 is 4.79 Å². The SMILES string of the molecule is C[C@@H]1CN(Cc2ccccc2)C[C@H]1NC(=O)c1cnn2c1CCCC2. The van der Waals surface area contributed by atoms with Crippen LogP contribution in [0.2, 0.25) is 0 Å². The quantitative estimate of drug-likeness (QED) is 0.932. The highest BCUT2D eigenvalue weighted by Gasteiger charge is 2.31. The zero-order valence-electron chi connectivity index (χ0n) is 14.8. The topological polar surface area (TPSA) is 50.2 Å². The number of amides is 1. The van der Waals surface area contributed by atoms with Gasteiger partial charge in [-0.1, -0.05) is 37.3 Å². The molecule has 5 heteroatoms. The lowest BCUT2D eigenvalue weighted by molar-refractivity contribution is 0.0930. The van der Waals surface area contributed by atoms with E-state index in [0.29, 0.717) is 5.92 Å². The molecule has 3 heterocycles. The van der Waals surface area contributed by atoms with Crippen molar-refractivity contribution in [3.63, 3.8) is 0 Å². The van der Waals surface area contributed by atoms with Gasteiger partial charge in [-0.15, -0.1) is 0 Å². The van der Waals surface area contributed by atoms with E-state index in [1.54, 1.807) is 6.20 Å². The predicted molar refractivity (Wildman–Crippen MR) is 97.3 cm³/mol. The van der Waals surface area contributed by atoms with Crippen molar-refractivity contribution in [2.75, 3.05) is 13.1 Å². The van der Waals surface area contributed by atoms with Gasteiger partial charge in [0.05, 0.1) is 17.5 Å². The van der Waals surface area contributed by atoms with E-state index in [1.807, 2.05) is 10.7 Å². The molecular formula is C20H26N4O. The van der Waals surface area contributed by atoms with E-state index in [-0.39, 0.29) is 11.9 Å². The van der Waals surface area contributed by atoms with Crippen LogP contribution in [0.15, 0.2) is 36.5 Å². The van der Waals surface area contributed by atoms with Gasteiger partial charge in [-0.25, -0.2) is 0 Å². The maximum absolute atomic E-state index is 12.8. The lowest BCUT2D eigenvalue weighted by Gasteiger charge is -2.18. The van der Waals surface area contributed by atoms with Gasteiger partial charge in [-0.2, -0.15) is 5.10 Å². The van der Waals surface area contributed by atoms with Crippen LogP contribution in [0, 0.1) is 5.92 Å². The predicted octanol–water partition coefficient (Wildman–Crippen LogP) is 2.47. The van der Waals surface area contributed by atoms with Crippen molar-refractivity contribution in [1.82, 2.24) is 20.0 Å². The number of nitrogens with zero attached hydrogens (tertiary/aromatic N) is 3. The average molecular weight is 338 g/mol. The molecule has 4 rings (SSSR count). The van der Waals surface area contributed by atoms with E-state index in [1.165, 1.54) is 5.56 Å². The smallest absolute Gasteiger partial charge is 0.255 e. The fourth-order valence-corrected chi connectivity index (χ4v) is 4.08. The van der Waals surface area contributed by atoms with Gasteiger partial charge >= 0.3 is 0 Å². The molecule has 1 aromatic carbocycles. The minimum atomic E-state index is 0.0431. The minimum Gasteiger partial charge on any atom is -0.348 e. The molecule has 0 radical (unpaired) electrons. The number of hydrogen-bond donors (Lipinski definition) is 1. The lowest BCUT2D eigenvalue weighted by atomic mass is 10.0. The molecule has 25 heavy (non-hydrogen) atoms. The van der Waals surface area contributed by atoms with Gasteiger partial charge in [0.25, 0.3) is 5.91 Å². The maximum atomic E-state index is 12.8. The minimum absolute atomic E-state index is 0.0431. The summed E-state index contributed by atoms with van der Waals surface area (Å²) in [5, 5.41) is 7.65. The van der Waals surface area contributed by atoms with Crippen molar-refractivity contribution in [3.8, 4) is 0 Å². The highest BCUT2D eigenvalue weighted by atomic mass is 16.1. The van der Waals surface area contributed by atoms with E-state index in [9.17, 15) is 4.79 Å². The van der Waals surface area contributed by atoms with Crippen molar-refractivity contribution >= 4 is 5.91 Å². The molecule has 2 aromatic rings. The number of rotatable bonds is 4. The Bertz CT molecular complexity index is 739. The molecule has 1 aromatic heterocycles. The van der Waals surface area contributed by atoms with Crippen LogP contribution in [-0.2, 0) is 19.5 Å². The molecule has 0 bridgehead atoms. The van der Waals surface area contributed by atoms with Gasteiger partial charge < -0.3 is 5.32 Å². The van der Waals surface area contributed by atoms with Crippen LogP contribution in [0.1, 0.15) is 41.4 Å². The normalized spacial score (nSPS) is 23.4. The number of nitrogens with one attached hydrogen (secondary N) is 1. The highest BCUT2D eigenvalue weighted by molar-refractivity contribution is 5.95. The summed E-state index contributed by atoms with van der Waals surface area (Å²) < 4.78 is 2.00. The van der Waals surface area contributed by atoms with E-state index in [0.717, 1.165) is 56.7 Å². The van der Waals surface area contributed by atoms with Crippen LogP contribution in [0.4, 0.5) is 0 Å². The molecule has 0 unspecified atom stereocenters. The van der Waals surface area contributed by atoms with Gasteiger partial charge in [-0.05, 0) is 30.7 Å². The molecular weight excluding hydrogens is 312 g/mol. The number of aryl methyl sites for hydroxylation is 1. The fraction of sp³-hybridized carbons (Fsp3) is 0.500. The summed E-state index contributed by atoms with van der Waals surface area (Å²) in [6.07, 6.45) is 5.01. The van der Waals surface area contributed by atoms with E-state index in [4.69, 9.17) is 0 Å². The van der Waals surface area contributed by atoms with Gasteiger partial charge in [0.1, 0.15) is 0 Å². The van der Waals surface area contributed by atoms with Crippen molar-refractivity contribution in [1.29, 1.82) is 0 Å². The van der Waals surface area contributed by atoms with Crippen LogP contribution in [0.3, 0.4) is 0 Å². The molecule has 1 fully saturated rings. The highest BCUT2D eigenvalue weighted by Crippen LogP contribution is 2.21. The first-order chi connectivity index (χ1) is 12.2. The maximum Gasteiger partial charge on any atom is 0.255 e. The third kappa shape index (κ3) is 3.47. The summed E-state index contributed by atoms with van der Waals surface area (Å²) in [5.74, 6) is 0.501. The Morgan fingerprint density at radius 3 is 2.92 bits per heavy atom. The number of benzene rings is 1. The van der Waals surface area contributed by atoms with Crippen LogP contribution in [0.25, 0.3) is 0 Å². The first-order valence-electron chi connectivity index (χ1n) is 9.32. The Morgan fingerprint density at radius 2 is 2.08 bits per heavy atom. The fourth-order valence-electron chi connectivity index (χ4n) is 4.08. The third-order valence-electron chi connectivity index (χ3n) is 5.48. The van der Waals surface area contributed by atoms with E-state index < -0.39 is 0 Å². The second-order valence-corrected chi connectivity index (χ2v) is 7.42. The molecule has 2 atom stereocenters. The zero-order chi connectivity index (χ0) is 17.2. The van der Waals surface area contributed by atoms with E-state index in [2.05, 4.69) is 46.5 Å². The number of likely N-dealkylation sites (tertiary alicyclic amines) is 1. The van der Waals surface area contributed by atoms with Crippen LogP contribution < -0.4 is 5.32 Å². The number of fused-ring (bicyclic) bond motifs is 1. The Hall–Kier alpha value is -2.14. The molecule has 132 valence electrons. The van der Waals surface area contributed by atoms with Crippen LogP contribution in [0.5, 0.6) is 0 Å². The summed E-state index contributed by atoms with van der Waals surface area (Å²) in [5.41, 5.74) is 3.20. The molecule has 1 saturated heterocycles. The second kappa shape index (κ2) is 7.00. The average Bonchev–Trinajstić information content (AvgIpc) is 3.19. The molecule has 0 aliphatic carbocycles. The summed E-state index contributed by atoms with van der Waals surface area (Å²) in [6, 6.07) is 10.7. The summed E-state index contributed by atoms with van der Waals surface area (Å²) in [6.45, 7) is 6.04. The lowest BCUT2D eigenvalue weighted by Crippen LogP contribution is -2.40. The second-order valence-electron chi connectivity index (χ2n) is 7.42. The monoisotopic (exact) mass is 338 g/mol. The largest absolute Gasteiger partial charge is 0.348 e. The number of aromatic nitrogens is 2. The van der Waals surface area contributed by atoms with Crippen LogP contribution in [-0.4, -0.2) is 39.7 Å². The summed E-state index contributed by atoms with van der Waals surface area (Å²) in [4.78, 5) is 15.2. The Kier molecular flexibility index (Phi) is 4.57. The number of hydrogen-bond acceptors (Lipinski definition) is 3.